The average molecular weight is 269 g/mol. The Hall–Kier alpha value is -1.29. The van der Waals surface area contributed by atoms with E-state index in [2.05, 4.69) is 27.8 Å². The van der Waals surface area contributed by atoms with Crippen LogP contribution in [0.2, 0.25) is 0 Å². The number of nitrogen functional groups attached to an aromatic ring is 1. The van der Waals surface area contributed by atoms with E-state index in [0.29, 0.717) is 11.3 Å². The molecule has 1 aromatic rings. The monoisotopic (exact) mass is 268 g/mol. The van der Waals surface area contributed by atoms with Gasteiger partial charge < -0.3 is 11.1 Å². The van der Waals surface area contributed by atoms with Gasteiger partial charge in [-0.3, -0.25) is 4.79 Å². The molecule has 3 nitrogen and oxygen atoms in total. The number of amides is 1. The van der Waals surface area contributed by atoms with Gasteiger partial charge in [-0.2, -0.15) is 0 Å². The number of nitrogens with one attached hydrogen (secondary N) is 1. The summed E-state index contributed by atoms with van der Waals surface area (Å²) >= 11 is 3.27. The van der Waals surface area contributed by atoms with Crippen LogP contribution < -0.4 is 11.1 Å². The second-order valence-corrected chi connectivity index (χ2v) is 4.09. The number of rotatable bonds is 3. The van der Waals surface area contributed by atoms with Gasteiger partial charge >= 0.3 is 0 Å². The van der Waals surface area contributed by atoms with E-state index in [4.69, 9.17) is 5.73 Å². The van der Waals surface area contributed by atoms with Gasteiger partial charge in [0.2, 0.25) is 0 Å². The van der Waals surface area contributed by atoms with Crippen molar-refractivity contribution in [1.29, 1.82) is 0 Å². The molecule has 1 atom stereocenters. The summed E-state index contributed by atoms with van der Waals surface area (Å²) < 4.78 is 0.724. The summed E-state index contributed by atoms with van der Waals surface area (Å²) in [6.45, 7) is 5.45. The highest BCUT2D eigenvalue weighted by Crippen LogP contribution is 2.20. The molecular weight excluding hydrogens is 256 g/mol. The summed E-state index contributed by atoms with van der Waals surface area (Å²) in [5, 5.41) is 2.77. The van der Waals surface area contributed by atoms with Crippen molar-refractivity contribution in [3.05, 3.63) is 40.9 Å². The van der Waals surface area contributed by atoms with Crippen molar-refractivity contribution in [2.45, 2.75) is 13.0 Å². The molecule has 0 bridgehead atoms. The first kappa shape index (κ1) is 11.8. The number of carbonyl (C=O) groups excluding carboxylic acids is 1. The quantitative estimate of drug-likeness (QED) is 0.653. The van der Waals surface area contributed by atoms with E-state index in [9.17, 15) is 4.79 Å². The first-order valence-electron chi connectivity index (χ1n) is 4.53. The van der Waals surface area contributed by atoms with Crippen LogP contribution in [0.4, 0.5) is 5.69 Å². The van der Waals surface area contributed by atoms with Crippen molar-refractivity contribution in [1.82, 2.24) is 5.32 Å². The number of benzene rings is 1. The van der Waals surface area contributed by atoms with Gasteiger partial charge in [0, 0.05) is 21.8 Å². The molecule has 0 aliphatic rings. The Kier molecular flexibility index (Phi) is 3.91. The maximum atomic E-state index is 11.7. The van der Waals surface area contributed by atoms with E-state index in [0.717, 1.165) is 4.47 Å². The predicted molar refractivity (Wildman–Crippen MR) is 65.7 cm³/mol. The lowest BCUT2D eigenvalue weighted by Crippen LogP contribution is -2.30. The zero-order valence-corrected chi connectivity index (χ0v) is 10.0. The lowest BCUT2D eigenvalue weighted by molar-refractivity contribution is 0.0947. The fraction of sp³-hybridized carbons (Fsp3) is 0.182. The summed E-state index contributed by atoms with van der Waals surface area (Å²) in [5.74, 6) is -0.136. The normalized spacial score (nSPS) is 11.9. The molecule has 0 saturated carbocycles. The molecule has 0 aliphatic heterocycles. The van der Waals surface area contributed by atoms with Crippen LogP contribution in [0.5, 0.6) is 0 Å². The molecule has 15 heavy (non-hydrogen) atoms. The number of hydrogen-bond acceptors (Lipinski definition) is 2. The van der Waals surface area contributed by atoms with Crippen LogP contribution in [0.25, 0.3) is 0 Å². The minimum atomic E-state index is -0.136. The largest absolute Gasteiger partial charge is 0.398 e. The summed E-state index contributed by atoms with van der Waals surface area (Å²) in [5.41, 5.74) is 6.81. The fourth-order valence-corrected chi connectivity index (χ4v) is 1.40. The van der Waals surface area contributed by atoms with Gasteiger partial charge in [-0.15, -0.1) is 6.58 Å². The number of nitrogens with two attached hydrogens (primary N) is 1. The minimum absolute atomic E-state index is 0.0474. The Morgan fingerprint density at radius 3 is 2.87 bits per heavy atom. The van der Waals surface area contributed by atoms with E-state index in [1.54, 1.807) is 24.3 Å². The molecule has 0 aromatic heterocycles. The molecule has 1 aromatic carbocycles. The van der Waals surface area contributed by atoms with E-state index >= 15 is 0 Å². The van der Waals surface area contributed by atoms with Crippen molar-refractivity contribution in [3.63, 3.8) is 0 Å². The van der Waals surface area contributed by atoms with Crippen LogP contribution >= 0.6 is 15.9 Å². The maximum absolute atomic E-state index is 11.7. The second-order valence-electron chi connectivity index (χ2n) is 3.23. The molecule has 0 spiro atoms. The highest BCUT2D eigenvalue weighted by atomic mass is 79.9. The summed E-state index contributed by atoms with van der Waals surface area (Å²) in [4.78, 5) is 11.7. The number of anilines is 1. The fourth-order valence-electron chi connectivity index (χ4n) is 1.02. The van der Waals surface area contributed by atoms with Crippen LogP contribution in [0.15, 0.2) is 35.3 Å². The van der Waals surface area contributed by atoms with E-state index in [1.165, 1.54) is 0 Å². The van der Waals surface area contributed by atoms with Gasteiger partial charge in [0.25, 0.3) is 5.91 Å². The van der Waals surface area contributed by atoms with Crippen molar-refractivity contribution in [2.75, 3.05) is 5.73 Å². The van der Waals surface area contributed by atoms with E-state index in [-0.39, 0.29) is 11.9 Å². The first-order chi connectivity index (χ1) is 7.04. The zero-order valence-electron chi connectivity index (χ0n) is 8.46. The molecule has 0 fully saturated rings. The molecule has 1 rings (SSSR count). The highest BCUT2D eigenvalue weighted by molar-refractivity contribution is 9.10. The summed E-state index contributed by atoms with van der Waals surface area (Å²) in [6.07, 6.45) is 1.67. The van der Waals surface area contributed by atoms with Gasteiger partial charge in [0.05, 0.1) is 0 Å². The first-order valence-corrected chi connectivity index (χ1v) is 5.32. The number of hydrogen-bond donors (Lipinski definition) is 2. The van der Waals surface area contributed by atoms with E-state index < -0.39 is 0 Å². The maximum Gasteiger partial charge on any atom is 0.251 e. The molecule has 0 radical (unpaired) electrons. The summed E-state index contributed by atoms with van der Waals surface area (Å²) in [6, 6.07) is 5.03. The van der Waals surface area contributed by atoms with Crippen molar-refractivity contribution in [3.8, 4) is 0 Å². The van der Waals surface area contributed by atoms with Crippen LogP contribution in [-0.2, 0) is 0 Å². The third-order valence-electron chi connectivity index (χ3n) is 1.97. The lowest BCUT2D eigenvalue weighted by atomic mass is 10.2. The molecule has 1 unspecified atom stereocenters. The van der Waals surface area contributed by atoms with Gasteiger partial charge in [-0.25, -0.2) is 0 Å². The molecule has 80 valence electrons. The number of halogens is 1. The SMILES string of the molecule is C=CC(C)NC(=O)c1ccc(N)c(Br)c1. The van der Waals surface area contributed by atoms with Crippen molar-refractivity contribution in [2.24, 2.45) is 0 Å². The predicted octanol–water partition coefficient (Wildman–Crippen LogP) is 2.34. The smallest absolute Gasteiger partial charge is 0.251 e. The van der Waals surface area contributed by atoms with Crippen LogP contribution in [0.3, 0.4) is 0 Å². The van der Waals surface area contributed by atoms with Gasteiger partial charge in [0.15, 0.2) is 0 Å². The van der Waals surface area contributed by atoms with Crippen molar-refractivity contribution < 1.29 is 4.79 Å². The Morgan fingerprint density at radius 1 is 1.67 bits per heavy atom. The molecule has 1 amide bonds. The molecule has 0 saturated heterocycles. The Balaban J connectivity index is 2.83. The highest BCUT2D eigenvalue weighted by Gasteiger charge is 2.08. The zero-order chi connectivity index (χ0) is 11.4. The topological polar surface area (TPSA) is 55.1 Å². The Bertz CT molecular complexity index is 390. The van der Waals surface area contributed by atoms with E-state index in [1.807, 2.05) is 6.92 Å². The van der Waals surface area contributed by atoms with Crippen LogP contribution in [-0.4, -0.2) is 11.9 Å². The van der Waals surface area contributed by atoms with Gasteiger partial charge in [0.1, 0.15) is 0 Å². The summed E-state index contributed by atoms with van der Waals surface area (Å²) in [7, 11) is 0. The Morgan fingerprint density at radius 2 is 2.33 bits per heavy atom. The minimum Gasteiger partial charge on any atom is -0.398 e. The molecule has 3 N–H and O–H groups in total. The molecule has 0 aliphatic carbocycles. The van der Waals surface area contributed by atoms with Crippen LogP contribution in [0.1, 0.15) is 17.3 Å². The standard InChI is InChI=1S/C11H13BrN2O/c1-3-7(2)14-11(15)8-4-5-10(13)9(12)6-8/h3-7H,1,13H2,2H3,(H,14,15). The average Bonchev–Trinajstić information content (AvgIpc) is 2.21. The number of carbonyl (C=O) groups is 1. The molecule has 4 heteroatoms. The molecule has 0 heterocycles. The lowest BCUT2D eigenvalue weighted by Gasteiger charge is -2.09. The van der Waals surface area contributed by atoms with Gasteiger partial charge in [-0.05, 0) is 41.1 Å². The third kappa shape index (κ3) is 3.09. The van der Waals surface area contributed by atoms with Crippen molar-refractivity contribution >= 4 is 27.5 Å². The van der Waals surface area contributed by atoms with Crippen LogP contribution in [0, 0.1) is 0 Å². The second kappa shape index (κ2) is 4.98. The van der Waals surface area contributed by atoms with Gasteiger partial charge in [-0.1, -0.05) is 6.08 Å². The molecular formula is C11H13BrN2O. The Labute approximate surface area is 97.5 Å². The third-order valence-corrected chi connectivity index (χ3v) is 2.66.